The van der Waals surface area contributed by atoms with Crippen LogP contribution in [0.2, 0.25) is 50.4 Å². The van der Waals surface area contributed by atoms with E-state index in [9.17, 15) is 0 Å². The normalized spacial score (nSPS) is 42.8. The first-order valence-electron chi connectivity index (χ1n) is 8.80. The smallest absolute Gasteiger partial charge is 0.307 e. The molecule has 2 saturated heterocycles. The van der Waals surface area contributed by atoms with Crippen LogP contribution in [0.15, 0.2) is 0 Å². The van der Waals surface area contributed by atoms with E-state index in [0.29, 0.717) is 0 Å². The zero-order valence-corrected chi connectivity index (χ0v) is 19.5. The molecule has 130 valence electrons. The molecule has 0 amide bonds. The highest BCUT2D eigenvalue weighted by molar-refractivity contribution is 6.79. The van der Waals surface area contributed by atoms with Gasteiger partial charge in [0.15, 0.2) is 16.6 Å². The quantitative estimate of drug-likeness (QED) is 0.688. The van der Waals surface area contributed by atoms with Gasteiger partial charge < -0.3 is 17.1 Å². The van der Waals surface area contributed by atoms with Gasteiger partial charge in [0.2, 0.25) is 0 Å². The SMILES string of the molecule is CC(C[Si]1(C)CCO[SiH](C)O1)C(C)C[Si]1(C)CCO[SiH](C)O1. The molecular weight excluding hydrogens is 344 g/mol. The Morgan fingerprint density at radius 1 is 0.818 bits per heavy atom. The molecule has 0 spiro atoms. The highest BCUT2D eigenvalue weighted by Gasteiger charge is 2.41. The minimum absolute atomic E-state index is 0.726. The molecule has 22 heavy (non-hydrogen) atoms. The van der Waals surface area contributed by atoms with Crippen LogP contribution in [0.25, 0.3) is 0 Å². The lowest BCUT2D eigenvalue weighted by atomic mass is 10.0. The maximum absolute atomic E-state index is 6.35. The van der Waals surface area contributed by atoms with Gasteiger partial charge in [0, 0.05) is 13.2 Å². The molecule has 0 aromatic carbocycles. The van der Waals surface area contributed by atoms with Crippen molar-refractivity contribution in [2.75, 3.05) is 13.2 Å². The standard InChI is InChI=1S/C14H34O4Si4/c1-13(11-21(5)9-7-15-19(3)17-21)14(2)12-22(6)10-8-16-20(4)18-22/h13-14,19-20H,7-12H2,1-6H3. The molecule has 0 aliphatic carbocycles. The number of hydrogen-bond donors (Lipinski definition) is 0. The topological polar surface area (TPSA) is 36.9 Å². The van der Waals surface area contributed by atoms with Gasteiger partial charge in [0.05, 0.1) is 0 Å². The highest BCUT2D eigenvalue weighted by Crippen LogP contribution is 2.35. The van der Waals surface area contributed by atoms with E-state index in [1.165, 1.54) is 24.2 Å². The lowest BCUT2D eigenvalue weighted by Gasteiger charge is -2.41. The van der Waals surface area contributed by atoms with E-state index < -0.39 is 35.2 Å². The van der Waals surface area contributed by atoms with Crippen LogP contribution in [0, 0.1) is 11.8 Å². The molecule has 0 N–H and O–H groups in total. The predicted octanol–water partition coefficient (Wildman–Crippen LogP) is 3.20. The minimum Gasteiger partial charge on any atom is -0.438 e. The molecule has 2 rings (SSSR count). The van der Waals surface area contributed by atoms with Crippen molar-refractivity contribution in [3.63, 3.8) is 0 Å². The number of hydrogen-bond acceptors (Lipinski definition) is 4. The molecule has 0 aromatic rings. The summed E-state index contributed by atoms with van der Waals surface area (Å²) in [6, 6.07) is 4.90. The molecule has 2 aliphatic heterocycles. The van der Waals surface area contributed by atoms with Crippen LogP contribution in [0.1, 0.15) is 13.8 Å². The van der Waals surface area contributed by atoms with Gasteiger partial charge in [-0.25, -0.2) is 0 Å². The maximum atomic E-state index is 6.35. The third-order valence-corrected chi connectivity index (χ3v) is 19.5. The Balaban J connectivity index is 1.87. The molecule has 2 heterocycles. The Kier molecular flexibility index (Phi) is 6.69. The van der Waals surface area contributed by atoms with Gasteiger partial charge in [0.25, 0.3) is 0 Å². The van der Waals surface area contributed by atoms with Crippen LogP contribution in [-0.4, -0.2) is 48.4 Å². The molecule has 2 fully saturated rings. The summed E-state index contributed by atoms with van der Waals surface area (Å²) in [4.78, 5) is 0. The molecule has 6 atom stereocenters. The van der Waals surface area contributed by atoms with Crippen molar-refractivity contribution in [2.24, 2.45) is 11.8 Å². The summed E-state index contributed by atoms with van der Waals surface area (Å²) in [5.41, 5.74) is 0. The molecule has 4 nitrogen and oxygen atoms in total. The summed E-state index contributed by atoms with van der Waals surface area (Å²) in [6.07, 6.45) is 0. The Labute approximate surface area is 141 Å². The van der Waals surface area contributed by atoms with Gasteiger partial charge in [0.1, 0.15) is 0 Å². The summed E-state index contributed by atoms with van der Waals surface area (Å²) in [5.74, 6) is 1.45. The predicted molar refractivity (Wildman–Crippen MR) is 101 cm³/mol. The van der Waals surface area contributed by atoms with Gasteiger partial charge in [-0.1, -0.05) is 13.8 Å². The Morgan fingerprint density at radius 2 is 1.18 bits per heavy atom. The third-order valence-electron chi connectivity index (χ3n) is 5.35. The van der Waals surface area contributed by atoms with Gasteiger partial charge >= 0.3 is 18.6 Å². The molecular formula is C14H34O4Si4. The second kappa shape index (κ2) is 7.73. The van der Waals surface area contributed by atoms with Gasteiger partial charge in [-0.2, -0.15) is 0 Å². The van der Waals surface area contributed by atoms with Crippen molar-refractivity contribution >= 4 is 35.2 Å². The third kappa shape index (κ3) is 5.37. The minimum atomic E-state index is -1.53. The van der Waals surface area contributed by atoms with E-state index in [-0.39, 0.29) is 0 Å². The first-order valence-corrected chi connectivity index (χ1v) is 18.6. The molecule has 6 unspecified atom stereocenters. The lowest BCUT2D eigenvalue weighted by Crippen LogP contribution is -2.49. The van der Waals surface area contributed by atoms with Crippen LogP contribution < -0.4 is 0 Å². The Hall–Kier alpha value is 0.708. The van der Waals surface area contributed by atoms with Crippen LogP contribution in [-0.2, 0) is 17.1 Å². The monoisotopic (exact) mass is 378 g/mol. The molecule has 0 saturated carbocycles. The van der Waals surface area contributed by atoms with Crippen molar-refractivity contribution in [1.82, 2.24) is 0 Å². The Bertz CT molecular complexity index is 341. The van der Waals surface area contributed by atoms with E-state index in [1.807, 2.05) is 0 Å². The zero-order chi connectivity index (χ0) is 16.4. The molecule has 2 aliphatic rings. The van der Waals surface area contributed by atoms with E-state index in [4.69, 9.17) is 17.1 Å². The van der Waals surface area contributed by atoms with Crippen molar-refractivity contribution in [3.8, 4) is 0 Å². The summed E-state index contributed by atoms with van der Waals surface area (Å²) >= 11 is 0. The van der Waals surface area contributed by atoms with E-state index in [2.05, 4.69) is 40.0 Å². The van der Waals surface area contributed by atoms with E-state index in [0.717, 1.165) is 25.0 Å². The zero-order valence-electron chi connectivity index (χ0n) is 15.2. The largest absolute Gasteiger partial charge is 0.438 e. The first-order chi connectivity index (χ1) is 10.2. The van der Waals surface area contributed by atoms with Gasteiger partial charge in [-0.3, -0.25) is 0 Å². The van der Waals surface area contributed by atoms with E-state index >= 15 is 0 Å². The molecule has 0 bridgehead atoms. The molecule has 0 radical (unpaired) electrons. The van der Waals surface area contributed by atoms with Crippen molar-refractivity contribution in [3.05, 3.63) is 0 Å². The van der Waals surface area contributed by atoms with Crippen LogP contribution >= 0.6 is 0 Å². The second-order valence-electron chi connectivity index (χ2n) is 7.88. The van der Waals surface area contributed by atoms with Crippen LogP contribution in [0.3, 0.4) is 0 Å². The molecule has 8 heteroatoms. The fourth-order valence-electron chi connectivity index (χ4n) is 3.93. The average molecular weight is 379 g/mol. The molecule has 0 aromatic heterocycles. The van der Waals surface area contributed by atoms with Crippen molar-refractivity contribution < 1.29 is 17.1 Å². The Morgan fingerprint density at radius 3 is 1.50 bits per heavy atom. The maximum Gasteiger partial charge on any atom is 0.307 e. The first kappa shape index (κ1) is 19.0. The second-order valence-corrected chi connectivity index (χ2v) is 20.3. The highest BCUT2D eigenvalue weighted by atomic mass is 28.4. The number of rotatable bonds is 5. The summed E-state index contributed by atoms with van der Waals surface area (Å²) in [7, 11) is -5.74. The fourth-order valence-corrected chi connectivity index (χ4v) is 19.0. The van der Waals surface area contributed by atoms with Crippen LogP contribution in [0.4, 0.5) is 0 Å². The summed E-state index contributed by atoms with van der Waals surface area (Å²) in [6.45, 7) is 15.9. The van der Waals surface area contributed by atoms with Gasteiger partial charge in [-0.15, -0.1) is 0 Å². The van der Waals surface area contributed by atoms with Gasteiger partial charge in [-0.05, 0) is 62.2 Å². The van der Waals surface area contributed by atoms with Crippen molar-refractivity contribution in [1.29, 1.82) is 0 Å². The lowest BCUT2D eigenvalue weighted by molar-refractivity contribution is 0.242. The van der Waals surface area contributed by atoms with E-state index in [1.54, 1.807) is 0 Å². The average Bonchev–Trinajstić information content (AvgIpc) is 2.36. The van der Waals surface area contributed by atoms with Crippen LogP contribution in [0.5, 0.6) is 0 Å². The van der Waals surface area contributed by atoms with Crippen molar-refractivity contribution in [2.45, 2.75) is 64.2 Å². The summed E-state index contributed by atoms with van der Waals surface area (Å²) < 4.78 is 24.1. The summed E-state index contributed by atoms with van der Waals surface area (Å²) in [5, 5.41) is 0. The fraction of sp³-hybridized carbons (Fsp3) is 1.00.